The first kappa shape index (κ1) is 32.2. The summed E-state index contributed by atoms with van der Waals surface area (Å²) in [7, 11) is 0. The van der Waals surface area contributed by atoms with Crippen LogP contribution in [0.25, 0.3) is 11.1 Å². The topological polar surface area (TPSA) is 105 Å². The summed E-state index contributed by atoms with van der Waals surface area (Å²) < 4.78 is 13.0. The van der Waals surface area contributed by atoms with Crippen molar-refractivity contribution in [1.82, 2.24) is 5.32 Å². The van der Waals surface area contributed by atoms with E-state index in [1.807, 2.05) is 97.1 Å². The molecule has 3 atom stereocenters. The molecule has 5 aromatic carbocycles. The van der Waals surface area contributed by atoms with Gasteiger partial charge in [-0.25, -0.2) is 4.79 Å². The molecule has 7 nitrogen and oxygen atoms in total. The number of benzene rings is 5. The third-order valence-electron chi connectivity index (χ3n) is 8.09. The van der Waals surface area contributed by atoms with Gasteiger partial charge in [0, 0.05) is 34.7 Å². The van der Waals surface area contributed by atoms with Gasteiger partial charge in [-0.05, 0) is 58.1 Å². The van der Waals surface area contributed by atoms with E-state index in [1.165, 1.54) is 11.8 Å². The third-order valence-corrected chi connectivity index (χ3v) is 9.29. The monoisotopic (exact) mass is 645 g/mol. The average Bonchev–Trinajstić information content (AvgIpc) is 3.13. The van der Waals surface area contributed by atoms with Crippen molar-refractivity contribution in [2.24, 2.45) is 0 Å². The first-order chi connectivity index (χ1) is 23.0. The van der Waals surface area contributed by atoms with E-state index in [-0.39, 0.29) is 30.3 Å². The highest BCUT2D eigenvalue weighted by atomic mass is 32.2. The van der Waals surface area contributed by atoms with Crippen LogP contribution >= 0.6 is 11.8 Å². The quantitative estimate of drug-likeness (QED) is 0.126. The van der Waals surface area contributed by atoms with Gasteiger partial charge in [0.05, 0.1) is 24.4 Å². The molecule has 1 aliphatic rings. The van der Waals surface area contributed by atoms with Crippen LogP contribution in [-0.4, -0.2) is 33.9 Å². The average molecular weight is 646 g/mol. The van der Waals surface area contributed by atoms with E-state index in [9.17, 15) is 19.8 Å². The molecule has 1 amide bonds. The van der Waals surface area contributed by atoms with Crippen LogP contribution in [0.2, 0.25) is 0 Å². The lowest BCUT2D eigenvalue weighted by atomic mass is 9.99. The maximum absolute atomic E-state index is 12.5. The molecule has 5 aromatic rings. The molecular weight excluding hydrogens is 610 g/mol. The smallest absolute Gasteiger partial charge is 0.336 e. The number of thioether (sulfide) groups is 1. The zero-order valence-corrected chi connectivity index (χ0v) is 26.4. The molecule has 0 spiro atoms. The summed E-state index contributed by atoms with van der Waals surface area (Å²) >= 11 is 1.47. The van der Waals surface area contributed by atoms with Crippen molar-refractivity contribution in [2.45, 2.75) is 43.0 Å². The minimum atomic E-state index is -0.955. The van der Waals surface area contributed by atoms with Crippen LogP contribution in [0.15, 0.2) is 132 Å². The predicted molar refractivity (Wildman–Crippen MR) is 182 cm³/mol. The predicted octanol–water partition coefficient (Wildman–Crippen LogP) is 7.81. The van der Waals surface area contributed by atoms with Crippen molar-refractivity contribution in [3.8, 4) is 11.1 Å². The van der Waals surface area contributed by atoms with Gasteiger partial charge in [-0.3, -0.25) is 4.79 Å². The molecule has 1 fully saturated rings. The number of carbonyl (C=O) groups is 2. The lowest BCUT2D eigenvalue weighted by Crippen LogP contribution is -2.31. The molecule has 0 bridgehead atoms. The molecule has 0 saturated carbocycles. The van der Waals surface area contributed by atoms with Crippen molar-refractivity contribution in [3.63, 3.8) is 0 Å². The number of ether oxygens (including phenoxy) is 2. The molecule has 0 radical (unpaired) electrons. The molecule has 1 aliphatic heterocycles. The SMILES string of the molecule is O=C(NCc1cccc(-c2ccc([C@H]3O[C@@H](CSc4ccccc4C(=O)O)C[C@@H](c4ccc(CO)cc4)O3)cc2)c1)c1ccccc1. The Morgan fingerprint density at radius 2 is 1.47 bits per heavy atom. The summed E-state index contributed by atoms with van der Waals surface area (Å²) in [6, 6.07) is 40.1. The minimum absolute atomic E-state index is 0.0304. The fraction of sp³-hybridized carbons (Fsp3) is 0.179. The molecular formula is C39H35NO6S. The highest BCUT2D eigenvalue weighted by Gasteiger charge is 2.32. The Morgan fingerprint density at radius 3 is 2.21 bits per heavy atom. The summed E-state index contributed by atoms with van der Waals surface area (Å²) in [6.07, 6.45) is -0.474. The molecule has 1 saturated heterocycles. The number of rotatable bonds is 11. The zero-order valence-electron chi connectivity index (χ0n) is 25.6. The second-order valence-corrected chi connectivity index (χ2v) is 12.4. The van der Waals surface area contributed by atoms with Gasteiger partial charge in [0.2, 0.25) is 0 Å². The van der Waals surface area contributed by atoms with Gasteiger partial charge in [-0.2, -0.15) is 0 Å². The van der Waals surface area contributed by atoms with Crippen LogP contribution in [0.3, 0.4) is 0 Å². The van der Waals surface area contributed by atoms with Gasteiger partial charge in [0.25, 0.3) is 5.91 Å². The summed E-state index contributed by atoms with van der Waals surface area (Å²) in [4.78, 5) is 25.0. The number of aliphatic hydroxyl groups is 1. The van der Waals surface area contributed by atoms with Gasteiger partial charge in [0.1, 0.15) is 0 Å². The lowest BCUT2D eigenvalue weighted by molar-refractivity contribution is -0.245. The van der Waals surface area contributed by atoms with Crippen molar-refractivity contribution < 1.29 is 29.3 Å². The Kier molecular flexibility index (Phi) is 10.4. The maximum atomic E-state index is 12.5. The zero-order chi connectivity index (χ0) is 32.6. The summed E-state index contributed by atoms with van der Waals surface area (Å²) in [5.74, 6) is -0.511. The van der Waals surface area contributed by atoms with E-state index < -0.39 is 12.3 Å². The number of nitrogens with one attached hydrogen (secondary N) is 1. The van der Waals surface area contributed by atoms with E-state index in [4.69, 9.17) is 9.47 Å². The summed E-state index contributed by atoms with van der Waals surface area (Å²) in [6.45, 7) is 0.387. The number of carbonyl (C=O) groups excluding carboxylic acids is 1. The van der Waals surface area contributed by atoms with Gasteiger partial charge in [0.15, 0.2) is 6.29 Å². The minimum Gasteiger partial charge on any atom is -0.478 e. The lowest BCUT2D eigenvalue weighted by Gasteiger charge is -2.36. The summed E-state index contributed by atoms with van der Waals surface area (Å²) in [5, 5.41) is 22.1. The van der Waals surface area contributed by atoms with E-state index in [0.29, 0.717) is 29.2 Å². The Balaban J connectivity index is 1.17. The van der Waals surface area contributed by atoms with Crippen LogP contribution < -0.4 is 5.32 Å². The fourth-order valence-corrected chi connectivity index (χ4v) is 6.61. The van der Waals surface area contributed by atoms with Crippen LogP contribution in [0.4, 0.5) is 0 Å². The normalized spacial score (nSPS) is 17.6. The number of carboxylic acids is 1. The van der Waals surface area contributed by atoms with Gasteiger partial charge < -0.3 is 25.0 Å². The van der Waals surface area contributed by atoms with Crippen LogP contribution in [0, 0.1) is 0 Å². The molecule has 0 aromatic heterocycles. The molecule has 8 heteroatoms. The Bertz CT molecular complexity index is 1810. The standard InChI is InChI=1S/C39H35NO6S/c41-24-26-13-15-29(16-14-26)35-22-33(25-47-36-12-5-4-11-34(36)38(43)44)45-39(46-35)31-19-17-28(18-20-31)32-10-6-7-27(21-32)23-40-37(42)30-8-2-1-3-9-30/h1-21,33,35,39,41H,22-25H2,(H,40,42)(H,43,44)/t33-,35+,39+/m1/s1. The van der Waals surface area contributed by atoms with Crippen LogP contribution in [-0.2, 0) is 22.6 Å². The van der Waals surface area contributed by atoms with Gasteiger partial charge in [-0.15, -0.1) is 11.8 Å². The second-order valence-electron chi connectivity index (χ2n) is 11.3. The largest absolute Gasteiger partial charge is 0.478 e. The first-order valence-electron chi connectivity index (χ1n) is 15.4. The summed E-state index contributed by atoms with van der Waals surface area (Å²) in [5.41, 5.74) is 6.64. The molecule has 47 heavy (non-hydrogen) atoms. The number of aromatic carboxylic acids is 1. The molecule has 6 rings (SSSR count). The van der Waals surface area contributed by atoms with Crippen LogP contribution in [0.1, 0.15) is 61.8 Å². The molecule has 1 heterocycles. The third kappa shape index (κ3) is 8.17. The second kappa shape index (κ2) is 15.2. The molecule has 238 valence electrons. The van der Waals surface area contributed by atoms with Crippen molar-refractivity contribution in [2.75, 3.05) is 5.75 Å². The number of carboxylic acid groups (broad SMARTS) is 1. The fourth-order valence-electron chi connectivity index (χ4n) is 5.54. The Hall–Kier alpha value is -4.73. The van der Waals surface area contributed by atoms with Crippen molar-refractivity contribution in [3.05, 3.63) is 161 Å². The van der Waals surface area contributed by atoms with E-state index in [2.05, 4.69) is 11.4 Å². The number of aliphatic hydroxyl groups excluding tert-OH is 1. The van der Waals surface area contributed by atoms with E-state index in [1.54, 1.807) is 24.3 Å². The molecule has 0 aliphatic carbocycles. The number of amides is 1. The Labute approximate surface area is 278 Å². The van der Waals surface area contributed by atoms with Crippen LogP contribution in [0.5, 0.6) is 0 Å². The first-order valence-corrected chi connectivity index (χ1v) is 16.4. The molecule has 3 N–H and O–H groups in total. The van der Waals surface area contributed by atoms with Gasteiger partial charge >= 0.3 is 5.97 Å². The van der Waals surface area contributed by atoms with Gasteiger partial charge in [-0.1, -0.05) is 97.1 Å². The highest BCUT2D eigenvalue weighted by molar-refractivity contribution is 7.99. The van der Waals surface area contributed by atoms with Crippen molar-refractivity contribution in [1.29, 1.82) is 0 Å². The number of hydrogen-bond donors (Lipinski definition) is 3. The Morgan fingerprint density at radius 1 is 0.745 bits per heavy atom. The number of hydrogen-bond acceptors (Lipinski definition) is 6. The molecule has 0 unspecified atom stereocenters. The maximum Gasteiger partial charge on any atom is 0.336 e. The van der Waals surface area contributed by atoms with E-state index >= 15 is 0 Å². The van der Waals surface area contributed by atoms with Crippen molar-refractivity contribution >= 4 is 23.6 Å². The highest BCUT2D eigenvalue weighted by Crippen LogP contribution is 2.40. The van der Waals surface area contributed by atoms with E-state index in [0.717, 1.165) is 33.4 Å².